The van der Waals surface area contributed by atoms with Gasteiger partial charge in [0, 0.05) is 17.1 Å². The van der Waals surface area contributed by atoms with Crippen LogP contribution >= 0.6 is 23.4 Å². The van der Waals surface area contributed by atoms with Crippen molar-refractivity contribution in [3.05, 3.63) is 107 Å². The summed E-state index contributed by atoms with van der Waals surface area (Å²) in [6.07, 6.45) is 0.614. The third-order valence-corrected chi connectivity index (χ3v) is 5.77. The molecule has 0 radical (unpaired) electrons. The molecule has 1 aromatic heterocycles. The van der Waals surface area contributed by atoms with E-state index in [0.29, 0.717) is 23.2 Å². The lowest BCUT2D eigenvalue weighted by atomic mass is 10.1. The van der Waals surface area contributed by atoms with Gasteiger partial charge in [-0.05, 0) is 35.4 Å². The van der Waals surface area contributed by atoms with Gasteiger partial charge in [-0.1, -0.05) is 84.0 Å². The van der Waals surface area contributed by atoms with Gasteiger partial charge in [-0.3, -0.25) is 14.2 Å². The zero-order chi connectivity index (χ0) is 22.2. The van der Waals surface area contributed by atoms with Crippen molar-refractivity contribution < 1.29 is 9.63 Å². The summed E-state index contributed by atoms with van der Waals surface area (Å²) >= 11 is 7.36. The fourth-order valence-corrected chi connectivity index (χ4v) is 3.95. The summed E-state index contributed by atoms with van der Waals surface area (Å²) in [5.41, 5.74) is 5.47. The van der Waals surface area contributed by atoms with Crippen LogP contribution in [0.25, 0.3) is 5.69 Å². The molecule has 6 nitrogen and oxygen atoms in total. The third-order valence-electron chi connectivity index (χ3n) is 4.59. The van der Waals surface area contributed by atoms with Gasteiger partial charge in [0.2, 0.25) is 0 Å². The number of amides is 1. The van der Waals surface area contributed by atoms with E-state index in [9.17, 15) is 4.79 Å². The Bertz CT molecular complexity index is 1150. The van der Waals surface area contributed by atoms with Crippen LogP contribution in [-0.4, -0.2) is 26.4 Å². The largest absolute Gasteiger partial charge is 0.274 e. The van der Waals surface area contributed by atoms with Crippen molar-refractivity contribution in [1.29, 1.82) is 0 Å². The highest BCUT2D eigenvalue weighted by Crippen LogP contribution is 2.24. The van der Waals surface area contributed by atoms with Crippen molar-refractivity contribution in [3.8, 4) is 5.69 Å². The molecule has 0 bridgehead atoms. The summed E-state index contributed by atoms with van der Waals surface area (Å²) in [5.74, 6) is 0.675. The summed E-state index contributed by atoms with van der Waals surface area (Å²) < 4.78 is 1.95. The SMILES string of the molecule is O=C(CSc1nnc(Cc2ccccc2)n1-c1ccc(Cl)cc1)NOCc1ccccc1. The van der Waals surface area contributed by atoms with E-state index >= 15 is 0 Å². The Kier molecular flexibility index (Phi) is 7.55. The molecule has 0 saturated heterocycles. The Morgan fingerprint density at radius 2 is 1.56 bits per heavy atom. The minimum absolute atomic E-state index is 0.145. The number of nitrogens with one attached hydrogen (secondary N) is 1. The number of rotatable bonds is 9. The number of aromatic nitrogens is 3. The molecule has 32 heavy (non-hydrogen) atoms. The van der Waals surface area contributed by atoms with E-state index in [1.54, 1.807) is 0 Å². The standard InChI is InChI=1S/C24H21ClN4O2S/c25-20-11-13-21(14-12-20)29-22(15-18-7-3-1-4-8-18)26-27-24(29)32-17-23(30)28-31-16-19-9-5-2-6-10-19/h1-14H,15-17H2,(H,28,30). The van der Waals surface area contributed by atoms with E-state index in [0.717, 1.165) is 22.6 Å². The van der Waals surface area contributed by atoms with Crippen LogP contribution in [0.15, 0.2) is 90.1 Å². The van der Waals surface area contributed by atoms with Crippen molar-refractivity contribution in [3.63, 3.8) is 0 Å². The number of hydrogen-bond donors (Lipinski definition) is 1. The quantitative estimate of drug-likeness (QED) is 0.283. The Morgan fingerprint density at radius 1 is 0.906 bits per heavy atom. The first-order chi connectivity index (χ1) is 15.7. The normalized spacial score (nSPS) is 10.8. The first-order valence-electron chi connectivity index (χ1n) is 10.0. The molecule has 4 rings (SSSR count). The average molecular weight is 465 g/mol. The lowest BCUT2D eigenvalue weighted by molar-refractivity contribution is -0.131. The Labute approximate surface area is 195 Å². The number of carbonyl (C=O) groups excluding carboxylic acids is 1. The summed E-state index contributed by atoms with van der Waals surface area (Å²) in [4.78, 5) is 17.6. The fourth-order valence-electron chi connectivity index (χ4n) is 3.07. The fraction of sp³-hybridized carbons (Fsp3) is 0.125. The molecule has 1 heterocycles. The number of nitrogens with zero attached hydrogens (tertiary/aromatic N) is 3. The Balaban J connectivity index is 1.44. The molecule has 0 aliphatic heterocycles. The summed E-state index contributed by atoms with van der Waals surface area (Å²) in [6, 6.07) is 27.2. The van der Waals surface area contributed by atoms with Crippen LogP contribution in [0.3, 0.4) is 0 Å². The van der Waals surface area contributed by atoms with Crippen molar-refractivity contribution in [2.24, 2.45) is 0 Å². The first kappa shape index (κ1) is 22.1. The van der Waals surface area contributed by atoms with Crippen LogP contribution in [-0.2, 0) is 22.7 Å². The molecule has 0 unspecified atom stereocenters. The molecule has 4 aromatic rings. The van der Waals surface area contributed by atoms with Gasteiger partial charge in [-0.25, -0.2) is 5.48 Å². The Morgan fingerprint density at radius 3 is 2.25 bits per heavy atom. The van der Waals surface area contributed by atoms with Crippen molar-refractivity contribution in [2.75, 3.05) is 5.75 Å². The van der Waals surface area contributed by atoms with E-state index in [1.807, 2.05) is 89.5 Å². The highest BCUT2D eigenvalue weighted by atomic mass is 35.5. The predicted octanol–water partition coefficient (Wildman–Crippen LogP) is 4.85. The molecule has 1 N–H and O–H groups in total. The maximum atomic E-state index is 12.3. The van der Waals surface area contributed by atoms with Gasteiger partial charge in [0.05, 0.1) is 12.4 Å². The second kappa shape index (κ2) is 10.9. The van der Waals surface area contributed by atoms with Gasteiger partial charge in [0.15, 0.2) is 5.16 Å². The van der Waals surface area contributed by atoms with E-state index in [-0.39, 0.29) is 11.7 Å². The second-order valence-corrected chi connectivity index (χ2v) is 8.34. The van der Waals surface area contributed by atoms with Gasteiger partial charge < -0.3 is 0 Å². The molecule has 0 spiro atoms. The van der Waals surface area contributed by atoms with E-state index in [2.05, 4.69) is 15.7 Å². The van der Waals surface area contributed by atoms with E-state index in [1.165, 1.54) is 11.8 Å². The number of carbonyl (C=O) groups is 1. The molecule has 1 amide bonds. The minimum atomic E-state index is -0.249. The maximum Gasteiger partial charge on any atom is 0.254 e. The highest BCUT2D eigenvalue weighted by molar-refractivity contribution is 7.99. The van der Waals surface area contributed by atoms with Gasteiger partial charge >= 0.3 is 0 Å². The third kappa shape index (κ3) is 5.97. The lowest BCUT2D eigenvalue weighted by Gasteiger charge is -2.11. The Hall–Kier alpha value is -3.13. The first-order valence-corrected chi connectivity index (χ1v) is 11.4. The van der Waals surface area contributed by atoms with Crippen molar-refractivity contribution in [1.82, 2.24) is 20.2 Å². The molecule has 0 aliphatic carbocycles. The van der Waals surface area contributed by atoms with Gasteiger partial charge in [0.1, 0.15) is 5.82 Å². The minimum Gasteiger partial charge on any atom is -0.274 e. The number of thioether (sulfide) groups is 1. The number of benzene rings is 3. The van der Waals surface area contributed by atoms with Crippen molar-refractivity contribution >= 4 is 29.3 Å². The van der Waals surface area contributed by atoms with Gasteiger partial charge in [-0.2, -0.15) is 0 Å². The smallest absolute Gasteiger partial charge is 0.254 e. The number of hydrogen-bond acceptors (Lipinski definition) is 5. The lowest BCUT2D eigenvalue weighted by Crippen LogP contribution is -2.25. The molecule has 0 aliphatic rings. The van der Waals surface area contributed by atoms with Gasteiger partial charge in [0.25, 0.3) is 5.91 Å². The maximum absolute atomic E-state index is 12.3. The highest BCUT2D eigenvalue weighted by Gasteiger charge is 2.16. The number of hydroxylamine groups is 1. The summed E-state index contributed by atoms with van der Waals surface area (Å²) in [6.45, 7) is 0.305. The molecule has 3 aromatic carbocycles. The van der Waals surface area contributed by atoms with Crippen LogP contribution in [0.4, 0.5) is 0 Å². The van der Waals surface area contributed by atoms with E-state index in [4.69, 9.17) is 16.4 Å². The monoisotopic (exact) mass is 464 g/mol. The molecule has 8 heteroatoms. The predicted molar refractivity (Wildman–Crippen MR) is 126 cm³/mol. The average Bonchev–Trinajstić information content (AvgIpc) is 3.22. The molecule has 0 atom stereocenters. The van der Waals surface area contributed by atoms with Gasteiger partial charge in [-0.15, -0.1) is 10.2 Å². The summed E-state index contributed by atoms with van der Waals surface area (Å²) in [7, 11) is 0. The van der Waals surface area contributed by atoms with Crippen LogP contribution in [0.5, 0.6) is 0 Å². The summed E-state index contributed by atoms with van der Waals surface area (Å²) in [5, 5.41) is 9.99. The zero-order valence-electron chi connectivity index (χ0n) is 17.1. The van der Waals surface area contributed by atoms with Crippen LogP contribution < -0.4 is 5.48 Å². The topological polar surface area (TPSA) is 69.0 Å². The van der Waals surface area contributed by atoms with Crippen LogP contribution in [0.1, 0.15) is 17.0 Å². The molecular weight excluding hydrogens is 444 g/mol. The molecule has 162 valence electrons. The second-order valence-electron chi connectivity index (χ2n) is 6.96. The van der Waals surface area contributed by atoms with Crippen LogP contribution in [0, 0.1) is 0 Å². The van der Waals surface area contributed by atoms with Crippen molar-refractivity contribution in [2.45, 2.75) is 18.2 Å². The van der Waals surface area contributed by atoms with E-state index < -0.39 is 0 Å². The number of halogens is 1. The molecule has 0 saturated carbocycles. The molecule has 0 fully saturated rings. The zero-order valence-corrected chi connectivity index (χ0v) is 18.7. The van der Waals surface area contributed by atoms with Crippen LogP contribution in [0.2, 0.25) is 5.02 Å². The molecular formula is C24H21ClN4O2S.